The van der Waals surface area contributed by atoms with Crippen LogP contribution in [-0.4, -0.2) is 35.6 Å². The minimum absolute atomic E-state index is 0.0159. The fourth-order valence-electron chi connectivity index (χ4n) is 4.26. The second kappa shape index (κ2) is 9.08. The highest BCUT2D eigenvalue weighted by Crippen LogP contribution is 2.39. The largest absolute Gasteiger partial charge is 0.462 e. The number of aromatic nitrogens is 2. The molecule has 1 fully saturated rings. The van der Waals surface area contributed by atoms with Crippen LogP contribution in [0.4, 0.5) is 5.69 Å². The summed E-state index contributed by atoms with van der Waals surface area (Å²) in [7, 11) is 0. The van der Waals surface area contributed by atoms with E-state index >= 15 is 0 Å². The van der Waals surface area contributed by atoms with E-state index < -0.39 is 0 Å². The summed E-state index contributed by atoms with van der Waals surface area (Å²) in [4.78, 5) is 23.3. The summed E-state index contributed by atoms with van der Waals surface area (Å²) < 4.78 is 5.04. The standard InChI is InChI=1S/C25H27N3O2/c1-2-30-24(29)20-18-26-23(27-19-20)17-25(21-9-5-3-6-10-21)13-15-28(16-14-25)22-11-7-4-8-12-22/h3-12,18-19H,2,13-17H2,1H3. The third-order valence-corrected chi connectivity index (χ3v) is 5.94. The first-order valence-corrected chi connectivity index (χ1v) is 10.5. The molecule has 5 heteroatoms. The molecule has 154 valence electrons. The molecule has 0 amide bonds. The molecule has 0 radical (unpaired) electrons. The quantitative estimate of drug-likeness (QED) is 0.572. The molecule has 5 nitrogen and oxygen atoms in total. The van der Waals surface area contributed by atoms with E-state index in [1.54, 1.807) is 19.3 Å². The highest BCUT2D eigenvalue weighted by molar-refractivity contribution is 5.88. The first-order chi connectivity index (χ1) is 14.7. The molecule has 4 rings (SSSR count). The third-order valence-electron chi connectivity index (χ3n) is 5.94. The molecule has 1 saturated heterocycles. The summed E-state index contributed by atoms with van der Waals surface area (Å²) in [6.07, 6.45) is 5.96. The van der Waals surface area contributed by atoms with Crippen LogP contribution in [-0.2, 0) is 16.6 Å². The second-order valence-corrected chi connectivity index (χ2v) is 7.75. The number of anilines is 1. The maximum Gasteiger partial charge on any atom is 0.341 e. The van der Waals surface area contributed by atoms with Gasteiger partial charge in [-0.1, -0.05) is 48.5 Å². The van der Waals surface area contributed by atoms with Gasteiger partial charge in [-0.05, 0) is 37.5 Å². The zero-order chi connectivity index (χ0) is 20.8. The molecule has 0 saturated carbocycles. The lowest BCUT2D eigenvalue weighted by Gasteiger charge is -2.43. The fraction of sp³-hybridized carbons (Fsp3) is 0.320. The van der Waals surface area contributed by atoms with Crippen LogP contribution in [0.25, 0.3) is 0 Å². The Bertz CT molecular complexity index is 951. The maximum absolute atomic E-state index is 11.9. The summed E-state index contributed by atoms with van der Waals surface area (Å²) in [5, 5.41) is 0. The third kappa shape index (κ3) is 4.35. The van der Waals surface area contributed by atoms with Gasteiger partial charge in [-0.25, -0.2) is 14.8 Å². The van der Waals surface area contributed by atoms with Crippen molar-refractivity contribution in [3.8, 4) is 0 Å². The molecule has 30 heavy (non-hydrogen) atoms. The van der Waals surface area contributed by atoms with Crippen molar-refractivity contribution in [2.24, 2.45) is 0 Å². The van der Waals surface area contributed by atoms with Gasteiger partial charge in [0, 0.05) is 43.0 Å². The molecule has 2 heterocycles. The topological polar surface area (TPSA) is 55.3 Å². The lowest BCUT2D eigenvalue weighted by Crippen LogP contribution is -2.44. The average molecular weight is 402 g/mol. The number of benzene rings is 2. The van der Waals surface area contributed by atoms with Crippen LogP contribution >= 0.6 is 0 Å². The molecular formula is C25H27N3O2. The smallest absolute Gasteiger partial charge is 0.341 e. The molecule has 0 N–H and O–H groups in total. The molecule has 0 spiro atoms. The van der Waals surface area contributed by atoms with Crippen LogP contribution in [0, 0.1) is 0 Å². The van der Waals surface area contributed by atoms with Gasteiger partial charge in [0.15, 0.2) is 0 Å². The van der Waals surface area contributed by atoms with Gasteiger partial charge in [-0.2, -0.15) is 0 Å². The number of piperidine rings is 1. The molecule has 1 aliphatic rings. The van der Waals surface area contributed by atoms with Crippen molar-refractivity contribution >= 4 is 11.7 Å². The minimum Gasteiger partial charge on any atom is -0.462 e. The Balaban J connectivity index is 1.55. The van der Waals surface area contributed by atoms with E-state index in [4.69, 9.17) is 4.74 Å². The number of ether oxygens (including phenoxy) is 1. The Morgan fingerprint density at radius 3 is 2.17 bits per heavy atom. The van der Waals surface area contributed by atoms with E-state index in [2.05, 4.69) is 75.5 Å². The van der Waals surface area contributed by atoms with E-state index in [0.29, 0.717) is 12.2 Å². The van der Waals surface area contributed by atoms with Gasteiger partial charge in [0.1, 0.15) is 5.82 Å². The Kier molecular flexibility index (Phi) is 6.07. The van der Waals surface area contributed by atoms with Gasteiger partial charge >= 0.3 is 5.97 Å². The molecule has 1 aromatic heterocycles. The van der Waals surface area contributed by atoms with Gasteiger partial charge in [-0.3, -0.25) is 0 Å². The number of hydrogen-bond acceptors (Lipinski definition) is 5. The van der Waals surface area contributed by atoms with Crippen molar-refractivity contribution in [2.45, 2.75) is 31.6 Å². The summed E-state index contributed by atoms with van der Waals surface area (Å²) in [5.74, 6) is 0.387. The summed E-state index contributed by atoms with van der Waals surface area (Å²) in [5.41, 5.74) is 2.98. The minimum atomic E-state index is -0.377. The van der Waals surface area contributed by atoms with E-state index in [9.17, 15) is 4.79 Å². The molecule has 0 unspecified atom stereocenters. The van der Waals surface area contributed by atoms with Crippen LogP contribution in [0.1, 0.15) is 41.5 Å². The van der Waals surface area contributed by atoms with Crippen molar-refractivity contribution in [2.75, 3.05) is 24.6 Å². The van der Waals surface area contributed by atoms with Crippen molar-refractivity contribution < 1.29 is 9.53 Å². The van der Waals surface area contributed by atoms with Crippen LogP contribution < -0.4 is 4.90 Å². The predicted molar refractivity (Wildman–Crippen MR) is 118 cm³/mol. The lowest BCUT2D eigenvalue weighted by atomic mass is 9.70. The Labute approximate surface area is 177 Å². The second-order valence-electron chi connectivity index (χ2n) is 7.75. The number of carbonyl (C=O) groups excluding carboxylic acids is 1. The van der Waals surface area contributed by atoms with Crippen LogP contribution in [0.2, 0.25) is 0 Å². The lowest BCUT2D eigenvalue weighted by molar-refractivity contribution is 0.0525. The molecule has 3 aromatic rings. The van der Waals surface area contributed by atoms with Crippen molar-refractivity contribution in [1.29, 1.82) is 0 Å². The summed E-state index contributed by atoms with van der Waals surface area (Å²) in [6, 6.07) is 21.3. The van der Waals surface area contributed by atoms with Gasteiger partial charge in [0.2, 0.25) is 0 Å². The summed E-state index contributed by atoms with van der Waals surface area (Å²) >= 11 is 0. The van der Waals surface area contributed by atoms with Crippen molar-refractivity contribution in [1.82, 2.24) is 9.97 Å². The van der Waals surface area contributed by atoms with Gasteiger partial charge < -0.3 is 9.64 Å². The number of para-hydroxylation sites is 1. The average Bonchev–Trinajstić information content (AvgIpc) is 2.81. The highest BCUT2D eigenvalue weighted by Gasteiger charge is 2.37. The van der Waals surface area contributed by atoms with Crippen LogP contribution in [0.3, 0.4) is 0 Å². The molecule has 0 atom stereocenters. The Morgan fingerprint density at radius 2 is 1.57 bits per heavy atom. The van der Waals surface area contributed by atoms with Gasteiger partial charge in [-0.15, -0.1) is 0 Å². The number of esters is 1. The first kappa shape index (κ1) is 20.1. The normalized spacial score (nSPS) is 15.6. The predicted octanol–water partition coefficient (Wildman–Crippen LogP) is 4.43. The highest BCUT2D eigenvalue weighted by atomic mass is 16.5. The number of nitrogens with zero attached hydrogens (tertiary/aromatic N) is 3. The van der Waals surface area contributed by atoms with Crippen LogP contribution in [0.5, 0.6) is 0 Å². The van der Waals surface area contributed by atoms with Gasteiger partial charge in [0.25, 0.3) is 0 Å². The van der Waals surface area contributed by atoms with Gasteiger partial charge in [0.05, 0.1) is 12.2 Å². The van der Waals surface area contributed by atoms with Crippen molar-refractivity contribution in [3.63, 3.8) is 0 Å². The monoisotopic (exact) mass is 401 g/mol. The van der Waals surface area contributed by atoms with E-state index in [1.165, 1.54) is 11.3 Å². The SMILES string of the molecule is CCOC(=O)c1cnc(CC2(c3ccccc3)CCN(c3ccccc3)CC2)nc1. The summed E-state index contributed by atoms with van der Waals surface area (Å²) in [6.45, 7) is 4.10. The Hall–Kier alpha value is -3.21. The Morgan fingerprint density at radius 1 is 0.967 bits per heavy atom. The number of carbonyl (C=O) groups is 1. The fourth-order valence-corrected chi connectivity index (χ4v) is 4.26. The number of rotatable bonds is 6. The molecule has 1 aliphatic heterocycles. The molecule has 0 bridgehead atoms. The first-order valence-electron chi connectivity index (χ1n) is 10.5. The zero-order valence-corrected chi connectivity index (χ0v) is 17.3. The molecular weight excluding hydrogens is 374 g/mol. The number of hydrogen-bond donors (Lipinski definition) is 0. The molecule has 2 aromatic carbocycles. The maximum atomic E-state index is 11.9. The van der Waals surface area contributed by atoms with Crippen molar-refractivity contribution in [3.05, 3.63) is 90.0 Å². The molecule has 0 aliphatic carbocycles. The zero-order valence-electron chi connectivity index (χ0n) is 17.3. The van der Waals surface area contributed by atoms with E-state index in [1.807, 2.05) is 0 Å². The van der Waals surface area contributed by atoms with Crippen LogP contribution in [0.15, 0.2) is 73.1 Å². The van der Waals surface area contributed by atoms with E-state index in [-0.39, 0.29) is 11.4 Å². The van der Waals surface area contributed by atoms with E-state index in [0.717, 1.165) is 38.2 Å².